The van der Waals surface area contributed by atoms with Gasteiger partial charge >= 0.3 is 0 Å². The molecule has 2 aromatic heterocycles. The highest BCUT2D eigenvalue weighted by Crippen LogP contribution is 2.32. The monoisotopic (exact) mass is 481 g/mol. The lowest BCUT2D eigenvalue weighted by Gasteiger charge is -2.12. The number of ether oxygens (including phenoxy) is 2. The summed E-state index contributed by atoms with van der Waals surface area (Å²) in [5.41, 5.74) is 2.15. The molecule has 2 aromatic carbocycles. The van der Waals surface area contributed by atoms with E-state index in [1.54, 1.807) is 29.9 Å². The predicted molar refractivity (Wildman–Crippen MR) is 134 cm³/mol. The molecule has 1 amide bonds. The number of hydrogen-bond acceptors (Lipinski definition) is 7. The van der Waals surface area contributed by atoms with Gasteiger partial charge in [0, 0.05) is 17.5 Å². The van der Waals surface area contributed by atoms with Crippen LogP contribution < -0.4 is 20.3 Å². The quantitative estimate of drug-likeness (QED) is 0.285. The van der Waals surface area contributed by atoms with Crippen LogP contribution in [0.2, 0.25) is 0 Å². The van der Waals surface area contributed by atoms with Crippen molar-refractivity contribution < 1.29 is 14.3 Å². The maximum Gasteiger partial charge on any atom is 0.272 e. The van der Waals surface area contributed by atoms with Crippen molar-refractivity contribution in [1.82, 2.24) is 9.55 Å². The molecule has 4 aromatic rings. The van der Waals surface area contributed by atoms with Crippen molar-refractivity contribution in [3.8, 4) is 21.9 Å². The van der Waals surface area contributed by atoms with Crippen LogP contribution in [-0.4, -0.2) is 35.4 Å². The molecule has 0 aliphatic rings. The summed E-state index contributed by atoms with van der Waals surface area (Å²) in [4.78, 5) is 31.4. The molecular formula is C24H23N3O4S2. The number of amides is 1. The first kappa shape index (κ1) is 22.9. The van der Waals surface area contributed by atoms with Gasteiger partial charge in [-0.05, 0) is 30.7 Å². The Balaban J connectivity index is 1.56. The van der Waals surface area contributed by atoms with E-state index < -0.39 is 0 Å². The van der Waals surface area contributed by atoms with E-state index in [1.807, 2.05) is 43.3 Å². The minimum atomic E-state index is -0.226. The van der Waals surface area contributed by atoms with Gasteiger partial charge in [0.15, 0.2) is 5.16 Å². The highest BCUT2D eigenvalue weighted by atomic mass is 32.2. The van der Waals surface area contributed by atoms with Crippen LogP contribution >= 0.6 is 23.1 Å². The number of aromatic nitrogens is 2. The fraction of sp³-hybridized carbons (Fsp3) is 0.208. The van der Waals surface area contributed by atoms with Crippen molar-refractivity contribution >= 4 is 44.9 Å². The molecule has 7 nitrogen and oxygen atoms in total. The Morgan fingerprint density at radius 2 is 1.91 bits per heavy atom. The molecule has 0 spiro atoms. The van der Waals surface area contributed by atoms with Crippen LogP contribution in [0.4, 0.5) is 5.69 Å². The fourth-order valence-electron chi connectivity index (χ4n) is 3.34. The molecule has 0 bridgehead atoms. The molecule has 0 saturated carbocycles. The van der Waals surface area contributed by atoms with Gasteiger partial charge in [-0.15, -0.1) is 11.3 Å². The van der Waals surface area contributed by atoms with Gasteiger partial charge in [-0.1, -0.05) is 42.1 Å². The second kappa shape index (κ2) is 10.1. The fourth-order valence-corrected chi connectivity index (χ4v) is 5.26. The first-order chi connectivity index (χ1) is 16.0. The average molecular weight is 482 g/mol. The Labute approximate surface area is 199 Å². The van der Waals surface area contributed by atoms with E-state index in [2.05, 4.69) is 5.32 Å². The molecule has 170 valence electrons. The number of anilines is 1. The third-order valence-electron chi connectivity index (χ3n) is 4.99. The van der Waals surface area contributed by atoms with Gasteiger partial charge in [0.2, 0.25) is 5.91 Å². The van der Waals surface area contributed by atoms with Gasteiger partial charge in [-0.25, -0.2) is 4.98 Å². The van der Waals surface area contributed by atoms with E-state index in [1.165, 1.54) is 30.2 Å². The molecule has 9 heteroatoms. The SMILES string of the molecule is CCn1c(SCC(=O)Nc2ccc(OC)cc2OC)nc2cc(-c3ccccc3)sc2c1=O. The molecular weight excluding hydrogens is 458 g/mol. The number of benzene rings is 2. The van der Waals surface area contributed by atoms with E-state index >= 15 is 0 Å². The van der Waals surface area contributed by atoms with Crippen molar-refractivity contribution in [3.63, 3.8) is 0 Å². The van der Waals surface area contributed by atoms with E-state index in [9.17, 15) is 9.59 Å². The van der Waals surface area contributed by atoms with Gasteiger partial charge in [-0.3, -0.25) is 14.2 Å². The lowest BCUT2D eigenvalue weighted by atomic mass is 10.2. The number of nitrogens with zero attached hydrogens (tertiary/aromatic N) is 2. The van der Waals surface area contributed by atoms with Crippen LogP contribution in [0.3, 0.4) is 0 Å². The van der Waals surface area contributed by atoms with E-state index in [0.717, 1.165) is 10.4 Å². The zero-order valence-electron chi connectivity index (χ0n) is 18.5. The summed E-state index contributed by atoms with van der Waals surface area (Å²) in [7, 11) is 3.10. The van der Waals surface area contributed by atoms with Crippen LogP contribution in [0.15, 0.2) is 64.5 Å². The molecule has 0 radical (unpaired) electrons. The van der Waals surface area contributed by atoms with Crippen molar-refractivity contribution in [3.05, 3.63) is 65.0 Å². The summed E-state index contributed by atoms with van der Waals surface area (Å²) in [6.45, 7) is 2.36. The van der Waals surface area contributed by atoms with Crippen LogP contribution in [0, 0.1) is 0 Å². The molecule has 1 N–H and O–H groups in total. The Hall–Kier alpha value is -3.30. The second-order valence-electron chi connectivity index (χ2n) is 7.04. The molecule has 0 aliphatic carbocycles. The molecule has 0 saturated heterocycles. The largest absolute Gasteiger partial charge is 0.497 e. The number of hydrogen-bond donors (Lipinski definition) is 1. The van der Waals surface area contributed by atoms with E-state index in [4.69, 9.17) is 14.5 Å². The summed E-state index contributed by atoms with van der Waals surface area (Å²) in [6.07, 6.45) is 0. The molecule has 0 aliphatic heterocycles. The topological polar surface area (TPSA) is 82.5 Å². The number of thiophene rings is 1. The number of fused-ring (bicyclic) bond motifs is 1. The summed E-state index contributed by atoms with van der Waals surface area (Å²) in [6, 6.07) is 17.0. The summed E-state index contributed by atoms with van der Waals surface area (Å²) < 4.78 is 12.7. The molecule has 0 unspecified atom stereocenters. The highest BCUT2D eigenvalue weighted by Gasteiger charge is 2.16. The Morgan fingerprint density at radius 3 is 2.61 bits per heavy atom. The maximum atomic E-state index is 13.1. The zero-order valence-corrected chi connectivity index (χ0v) is 20.1. The van der Waals surface area contributed by atoms with Crippen LogP contribution in [0.25, 0.3) is 20.7 Å². The minimum absolute atomic E-state index is 0.0885. The van der Waals surface area contributed by atoms with E-state index in [0.29, 0.717) is 39.1 Å². The second-order valence-corrected chi connectivity index (χ2v) is 9.03. The predicted octanol–water partition coefficient (Wildman–Crippen LogP) is 4.89. The van der Waals surface area contributed by atoms with Gasteiger partial charge in [0.25, 0.3) is 5.56 Å². The van der Waals surface area contributed by atoms with Gasteiger partial charge in [-0.2, -0.15) is 0 Å². The summed E-state index contributed by atoms with van der Waals surface area (Å²) in [5, 5.41) is 3.36. The number of carbonyl (C=O) groups is 1. The highest BCUT2D eigenvalue weighted by molar-refractivity contribution is 7.99. The Kier molecular flexibility index (Phi) is 7.00. The lowest BCUT2D eigenvalue weighted by molar-refractivity contribution is -0.113. The first-order valence-corrected chi connectivity index (χ1v) is 12.1. The van der Waals surface area contributed by atoms with Crippen molar-refractivity contribution in [2.24, 2.45) is 0 Å². The lowest BCUT2D eigenvalue weighted by Crippen LogP contribution is -2.22. The molecule has 0 fully saturated rings. The summed E-state index contributed by atoms with van der Waals surface area (Å²) >= 11 is 2.67. The number of rotatable bonds is 8. The molecule has 33 heavy (non-hydrogen) atoms. The minimum Gasteiger partial charge on any atom is -0.497 e. The van der Waals surface area contributed by atoms with Gasteiger partial charge in [0.05, 0.1) is 31.2 Å². The summed E-state index contributed by atoms with van der Waals surface area (Å²) in [5.74, 6) is 1.01. The Bertz CT molecular complexity index is 1350. The molecule has 0 atom stereocenters. The first-order valence-electron chi connectivity index (χ1n) is 10.3. The Morgan fingerprint density at radius 1 is 1.12 bits per heavy atom. The zero-order chi connectivity index (χ0) is 23.4. The van der Waals surface area contributed by atoms with Crippen LogP contribution in [0.1, 0.15) is 6.92 Å². The van der Waals surface area contributed by atoms with Crippen molar-refractivity contribution in [1.29, 1.82) is 0 Å². The normalized spacial score (nSPS) is 10.9. The van der Waals surface area contributed by atoms with Crippen LogP contribution in [0.5, 0.6) is 11.5 Å². The molecule has 4 rings (SSSR count). The van der Waals surface area contributed by atoms with Crippen molar-refractivity contribution in [2.75, 3.05) is 25.3 Å². The van der Waals surface area contributed by atoms with Crippen molar-refractivity contribution in [2.45, 2.75) is 18.6 Å². The number of nitrogens with one attached hydrogen (secondary N) is 1. The average Bonchev–Trinajstić information content (AvgIpc) is 3.28. The molecule has 2 heterocycles. The number of thioether (sulfide) groups is 1. The maximum absolute atomic E-state index is 13.1. The van der Waals surface area contributed by atoms with E-state index in [-0.39, 0.29) is 17.2 Å². The standard InChI is InChI=1S/C24H23N3O4S2/c1-4-27-23(29)22-18(13-20(33-22)15-8-6-5-7-9-15)26-24(27)32-14-21(28)25-17-11-10-16(30-2)12-19(17)31-3/h5-13H,4,14H2,1-3H3,(H,25,28). The number of methoxy groups -OCH3 is 2. The smallest absolute Gasteiger partial charge is 0.272 e. The third kappa shape index (κ3) is 4.89. The van der Waals surface area contributed by atoms with Gasteiger partial charge < -0.3 is 14.8 Å². The van der Waals surface area contributed by atoms with Crippen LogP contribution in [-0.2, 0) is 11.3 Å². The van der Waals surface area contributed by atoms with Gasteiger partial charge in [0.1, 0.15) is 16.2 Å². The third-order valence-corrected chi connectivity index (χ3v) is 7.13. The number of carbonyl (C=O) groups excluding carboxylic acids is 1.